The zero-order valence-electron chi connectivity index (χ0n) is 14.1. The highest BCUT2D eigenvalue weighted by atomic mass is 19.1. The maximum atomic E-state index is 13.0. The molecule has 2 saturated heterocycles. The van der Waals surface area contributed by atoms with Gasteiger partial charge in [-0.2, -0.15) is 0 Å². The summed E-state index contributed by atoms with van der Waals surface area (Å²) in [7, 11) is 0. The topological polar surface area (TPSA) is 47.6 Å². The van der Waals surface area contributed by atoms with E-state index in [2.05, 4.69) is 20.4 Å². The Morgan fingerprint density at radius 1 is 1.21 bits per heavy atom. The number of halogens is 1. The smallest absolute Gasteiger partial charge is 0.224 e. The molecule has 132 valence electrons. The van der Waals surface area contributed by atoms with Crippen molar-refractivity contribution in [2.45, 2.75) is 12.8 Å². The SMILES string of the molecule is O=C(NCCN1CCN(c2ccc(F)cc2)CC1)C1CCCNC1. The van der Waals surface area contributed by atoms with Crippen LogP contribution in [0.25, 0.3) is 0 Å². The summed E-state index contributed by atoms with van der Waals surface area (Å²) < 4.78 is 13.0. The third kappa shape index (κ3) is 4.68. The molecular formula is C18H27FN4O. The first-order valence-corrected chi connectivity index (χ1v) is 8.94. The van der Waals surface area contributed by atoms with E-state index in [0.29, 0.717) is 6.54 Å². The molecule has 0 spiro atoms. The molecular weight excluding hydrogens is 307 g/mol. The molecule has 2 heterocycles. The maximum Gasteiger partial charge on any atom is 0.224 e. The van der Waals surface area contributed by atoms with E-state index in [1.807, 2.05) is 12.1 Å². The second-order valence-electron chi connectivity index (χ2n) is 6.64. The van der Waals surface area contributed by atoms with Gasteiger partial charge >= 0.3 is 0 Å². The number of anilines is 1. The van der Waals surface area contributed by atoms with Crippen LogP contribution in [0.1, 0.15) is 12.8 Å². The van der Waals surface area contributed by atoms with E-state index >= 15 is 0 Å². The quantitative estimate of drug-likeness (QED) is 0.845. The molecule has 2 aliphatic heterocycles. The highest BCUT2D eigenvalue weighted by Crippen LogP contribution is 2.16. The van der Waals surface area contributed by atoms with E-state index in [4.69, 9.17) is 0 Å². The fourth-order valence-corrected chi connectivity index (χ4v) is 3.44. The molecule has 5 nitrogen and oxygen atoms in total. The van der Waals surface area contributed by atoms with E-state index in [-0.39, 0.29) is 17.6 Å². The summed E-state index contributed by atoms with van der Waals surface area (Å²) in [4.78, 5) is 16.8. The van der Waals surface area contributed by atoms with Gasteiger partial charge in [0.2, 0.25) is 5.91 Å². The Hall–Kier alpha value is -1.66. The molecule has 1 atom stereocenters. The molecule has 2 N–H and O–H groups in total. The van der Waals surface area contributed by atoms with Crippen LogP contribution >= 0.6 is 0 Å². The van der Waals surface area contributed by atoms with Gasteiger partial charge in [0.25, 0.3) is 0 Å². The van der Waals surface area contributed by atoms with Gasteiger partial charge < -0.3 is 15.5 Å². The van der Waals surface area contributed by atoms with Crippen molar-refractivity contribution < 1.29 is 9.18 Å². The Labute approximate surface area is 143 Å². The molecule has 2 aliphatic rings. The molecule has 24 heavy (non-hydrogen) atoms. The molecule has 1 amide bonds. The van der Waals surface area contributed by atoms with Crippen LogP contribution in [0.5, 0.6) is 0 Å². The molecule has 1 aromatic rings. The van der Waals surface area contributed by atoms with E-state index in [1.165, 1.54) is 12.1 Å². The number of hydrogen-bond donors (Lipinski definition) is 2. The van der Waals surface area contributed by atoms with Gasteiger partial charge in [0.1, 0.15) is 5.82 Å². The number of nitrogens with one attached hydrogen (secondary N) is 2. The Morgan fingerprint density at radius 3 is 2.62 bits per heavy atom. The summed E-state index contributed by atoms with van der Waals surface area (Å²) in [6.07, 6.45) is 2.08. The third-order valence-electron chi connectivity index (χ3n) is 4.96. The van der Waals surface area contributed by atoms with Crippen molar-refractivity contribution in [2.24, 2.45) is 5.92 Å². The van der Waals surface area contributed by atoms with Gasteiger partial charge in [-0.1, -0.05) is 0 Å². The fraction of sp³-hybridized carbons (Fsp3) is 0.611. The number of nitrogens with zero attached hydrogens (tertiary/aromatic N) is 2. The normalized spacial score (nSPS) is 22.4. The maximum absolute atomic E-state index is 13.0. The molecule has 0 bridgehead atoms. The summed E-state index contributed by atoms with van der Waals surface area (Å²) in [5.41, 5.74) is 1.08. The largest absolute Gasteiger partial charge is 0.369 e. The number of benzene rings is 1. The summed E-state index contributed by atoms with van der Waals surface area (Å²) in [6.45, 7) is 7.26. The molecule has 1 unspecified atom stereocenters. The average molecular weight is 334 g/mol. The number of amides is 1. The number of piperazine rings is 1. The molecule has 2 fully saturated rings. The lowest BCUT2D eigenvalue weighted by atomic mass is 9.99. The highest BCUT2D eigenvalue weighted by Gasteiger charge is 2.21. The zero-order valence-corrected chi connectivity index (χ0v) is 14.1. The number of carbonyl (C=O) groups is 1. The Balaban J connectivity index is 1.35. The van der Waals surface area contributed by atoms with E-state index in [9.17, 15) is 9.18 Å². The molecule has 3 rings (SSSR count). The van der Waals surface area contributed by atoms with E-state index in [1.54, 1.807) is 0 Å². The summed E-state index contributed by atoms with van der Waals surface area (Å²) in [5.74, 6) is 0.127. The van der Waals surface area contributed by atoms with Crippen LogP contribution in [0.3, 0.4) is 0 Å². The first-order valence-electron chi connectivity index (χ1n) is 8.94. The van der Waals surface area contributed by atoms with Crippen molar-refractivity contribution in [3.8, 4) is 0 Å². The fourth-order valence-electron chi connectivity index (χ4n) is 3.44. The van der Waals surface area contributed by atoms with Crippen molar-refractivity contribution in [1.82, 2.24) is 15.5 Å². The second kappa shape index (κ2) is 8.44. The Morgan fingerprint density at radius 2 is 1.96 bits per heavy atom. The van der Waals surface area contributed by atoms with Crippen LogP contribution in [-0.4, -0.2) is 63.2 Å². The first-order chi connectivity index (χ1) is 11.7. The molecule has 0 saturated carbocycles. The molecule has 0 aliphatic carbocycles. The van der Waals surface area contributed by atoms with Gasteiger partial charge in [0, 0.05) is 51.5 Å². The van der Waals surface area contributed by atoms with Gasteiger partial charge in [-0.15, -0.1) is 0 Å². The minimum Gasteiger partial charge on any atom is -0.369 e. The van der Waals surface area contributed by atoms with Crippen LogP contribution in [0.4, 0.5) is 10.1 Å². The Bertz CT molecular complexity index is 522. The average Bonchev–Trinajstić information content (AvgIpc) is 2.64. The number of rotatable bonds is 5. The van der Waals surface area contributed by atoms with Gasteiger partial charge in [-0.05, 0) is 43.7 Å². The molecule has 6 heteroatoms. The number of carbonyl (C=O) groups excluding carboxylic acids is 1. The number of hydrogen-bond acceptors (Lipinski definition) is 4. The Kier molecular flexibility index (Phi) is 6.04. The van der Waals surface area contributed by atoms with Crippen molar-refractivity contribution in [3.63, 3.8) is 0 Å². The van der Waals surface area contributed by atoms with Crippen molar-refractivity contribution >= 4 is 11.6 Å². The lowest BCUT2D eigenvalue weighted by Crippen LogP contribution is -2.49. The van der Waals surface area contributed by atoms with Gasteiger partial charge in [0.05, 0.1) is 5.92 Å². The van der Waals surface area contributed by atoms with Gasteiger partial charge in [-0.3, -0.25) is 9.69 Å². The monoisotopic (exact) mass is 334 g/mol. The first kappa shape index (κ1) is 17.2. The summed E-state index contributed by atoms with van der Waals surface area (Å²) in [5, 5.41) is 6.35. The van der Waals surface area contributed by atoms with Gasteiger partial charge in [0.15, 0.2) is 0 Å². The van der Waals surface area contributed by atoms with E-state index < -0.39 is 0 Å². The predicted molar refractivity (Wildman–Crippen MR) is 93.7 cm³/mol. The van der Waals surface area contributed by atoms with Crippen LogP contribution in [0, 0.1) is 11.7 Å². The van der Waals surface area contributed by atoms with Crippen molar-refractivity contribution in [3.05, 3.63) is 30.1 Å². The van der Waals surface area contributed by atoms with Gasteiger partial charge in [-0.25, -0.2) is 4.39 Å². The van der Waals surface area contributed by atoms with Crippen LogP contribution in [-0.2, 0) is 4.79 Å². The van der Waals surface area contributed by atoms with Crippen molar-refractivity contribution in [1.29, 1.82) is 0 Å². The highest BCUT2D eigenvalue weighted by molar-refractivity contribution is 5.78. The van der Waals surface area contributed by atoms with Crippen LogP contribution in [0.15, 0.2) is 24.3 Å². The summed E-state index contributed by atoms with van der Waals surface area (Å²) >= 11 is 0. The molecule has 0 radical (unpaired) electrons. The van der Waals surface area contributed by atoms with Crippen LogP contribution < -0.4 is 15.5 Å². The third-order valence-corrected chi connectivity index (χ3v) is 4.96. The minimum absolute atomic E-state index is 0.133. The van der Waals surface area contributed by atoms with Crippen molar-refractivity contribution in [2.75, 3.05) is 57.3 Å². The minimum atomic E-state index is -0.193. The summed E-state index contributed by atoms with van der Waals surface area (Å²) in [6, 6.07) is 6.70. The van der Waals surface area contributed by atoms with Crippen LogP contribution in [0.2, 0.25) is 0 Å². The zero-order chi connectivity index (χ0) is 16.8. The standard InChI is InChI=1S/C18H27FN4O/c19-16-3-5-17(6-4-16)23-12-10-22(11-13-23)9-8-21-18(24)15-2-1-7-20-14-15/h3-6,15,20H,1-2,7-14H2,(H,21,24). The lowest BCUT2D eigenvalue weighted by molar-refractivity contribution is -0.125. The lowest BCUT2D eigenvalue weighted by Gasteiger charge is -2.36. The predicted octanol–water partition coefficient (Wildman–Crippen LogP) is 1.06. The molecule has 1 aromatic carbocycles. The number of piperidine rings is 1. The van der Waals surface area contributed by atoms with E-state index in [0.717, 1.165) is 64.3 Å². The molecule has 0 aromatic heterocycles. The second-order valence-corrected chi connectivity index (χ2v) is 6.64.